The largest absolute Gasteiger partial charge is 0.386 e. The molecule has 0 saturated carbocycles. The van der Waals surface area contributed by atoms with Crippen LogP contribution in [0.3, 0.4) is 0 Å². The van der Waals surface area contributed by atoms with Gasteiger partial charge in [-0.05, 0) is 31.4 Å². The highest BCUT2D eigenvalue weighted by atomic mass is 35.5. The maximum atomic E-state index is 13.2. The number of nitrogens with zero attached hydrogens (tertiary/aromatic N) is 3. The number of pyridine rings is 1. The number of aliphatic hydroxyl groups is 1. The van der Waals surface area contributed by atoms with Gasteiger partial charge >= 0.3 is 0 Å². The van der Waals surface area contributed by atoms with Crippen molar-refractivity contribution in [3.8, 4) is 0 Å². The molecule has 8 heteroatoms. The van der Waals surface area contributed by atoms with E-state index in [0.29, 0.717) is 31.1 Å². The molecule has 3 N–H and O–H groups in total. The van der Waals surface area contributed by atoms with E-state index in [2.05, 4.69) is 16.5 Å². The summed E-state index contributed by atoms with van der Waals surface area (Å²) < 4.78 is 0. The molecule has 3 atom stereocenters. The first kappa shape index (κ1) is 21.5. The van der Waals surface area contributed by atoms with Gasteiger partial charge in [-0.1, -0.05) is 32.0 Å². The molecule has 0 aromatic carbocycles. The van der Waals surface area contributed by atoms with Gasteiger partial charge in [-0.15, -0.1) is 0 Å². The topological polar surface area (TPSA) is 88.9 Å². The SMILES string of the molecule is C=C(NO)[C@H](O)[C@H](CC(C)C)C(=O)N1CCN(c2ccc(Cl)cn2)CC1C. The number of nitrogens with one attached hydrogen (secondary N) is 1. The molecule has 1 aromatic heterocycles. The van der Waals surface area contributed by atoms with Crippen molar-refractivity contribution in [3.05, 3.63) is 35.6 Å². The molecule has 1 aliphatic heterocycles. The van der Waals surface area contributed by atoms with Crippen LogP contribution in [0.4, 0.5) is 5.82 Å². The lowest BCUT2D eigenvalue weighted by molar-refractivity contribution is -0.142. The summed E-state index contributed by atoms with van der Waals surface area (Å²) in [5.41, 5.74) is 1.91. The number of aliphatic hydroxyl groups excluding tert-OH is 1. The Kier molecular flexibility index (Phi) is 7.47. The number of amides is 1. The zero-order chi connectivity index (χ0) is 20.1. The number of hydroxylamine groups is 1. The number of aromatic nitrogens is 1. The first-order valence-electron chi connectivity index (χ1n) is 9.18. The molecular formula is C19H29ClN4O3. The lowest BCUT2D eigenvalue weighted by Crippen LogP contribution is -2.57. The fourth-order valence-electron chi connectivity index (χ4n) is 3.44. The van der Waals surface area contributed by atoms with Crippen LogP contribution < -0.4 is 10.4 Å². The van der Waals surface area contributed by atoms with E-state index in [1.807, 2.05) is 32.3 Å². The maximum Gasteiger partial charge on any atom is 0.229 e. The molecular weight excluding hydrogens is 368 g/mol. The first-order valence-corrected chi connectivity index (χ1v) is 9.56. The van der Waals surface area contributed by atoms with Gasteiger partial charge in [0.1, 0.15) is 11.9 Å². The second-order valence-electron chi connectivity index (χ2n) is 7.48. The van der Waals surface area contributed by atoms with Crippen LogP contribution in [-0.2, 0) is 4.79 Å². The quantitative estimate of drug-likeness (QED) is 0.613. The molecule has 1 aliphatic rings. The number of piperazine rings is 1. The van der Waals surface area contributed by atoms with Crippen molar-refractivity contribution in [1.29, 1.82) is 0 Å². The predicted molar refractivity (Wildman–Crippen MR) is 106 cm³/mol. The number of hydrogen-bond donors (Lipinski definition) is 3. The summed E-state index contributed by atoms with van der Waals surface area (Å²) in [5.74, 6) is 0.272. The molecule has 1 fully saturated rings. The highest BCUT2D eigenvalue weighted by Gasteiger charge is 2.36. The van der Waals surface area contributed by atoms with Crippen molar-refractivity contribution >= 4 is 23.3 Å². The highest BCUT2D eigenvalue weighted by Crippen LogP contribution is 2.25. The molecule has 0 aliphatic carbocycles. The van der Waals surface area contributed by atoms with Gasteiger partial charge in [0.2, 0.25) is 5.91 Å². The molecule has 0 radical (unpaired) electrons. The number of rotatable bonds is 7. The zero-order valence-electron chi connectivity index (χ0n) is 16.1. The third-order valence-corrected chi connectivity index (χ3v) is 5.09. The van der Waals surface area contributed by atoms with Crippen LogP contribution in [0, 0.1) is 11.8 Å². The van der Waals surface area contributed by atoms with Gasteiger partial charge in [0.05, 0.1) is 16.6 Å². The van der Waals surface area contributed by atoms with E-state index in [-0.39, 0.29) is 23.6 Å². The number of halogens is 1. The van der Waals surface area contributed by atoms with Gasteiger partial charge in [-0.2, -0.15) is 0 Å². The number of hydrogen-bond acceptors (Lipinski definition) is 6. The van der Waals surface area contributed by atoms with Crippen molar-refractivity contribution in [2.75, 3.05) is 24.5 Å². The molecule has 7 nitrogen and oxygen atoms in total. The van der Waals surface area contributed by atoms with E-state index in [0.717, 1.165) is 5.82 Å². The average molecular weight is 397 g/mol. The Morgan fingerprint density at radius 2 is 2.15 bits per heavy atom. The second kappa shape index (κ2) is 9.39. The van der Waals surface area contributed by atoms with Crippen LogP contribution in [0.1, 0.15) is 27.2 Å². The highest BCUT2D eigenvalue weighted by molar-refractivity contribution is 6.30. The van der Waals surface area contributed by atoms with Crippen molar-refractivity contribution in [2.45, 2.75) is 39.3 Å². The third-order valence-electron chi connectivity index (χ3n) is 4.87. The van der Waals surface area contributed by atoms with Gasteiger partial charge in [0.15, 0.2) is 0 Å². The van der Waals surface area contributed by atoms with Gasteiger partial charge in [-0.3, -0.25) is 15.5 Å². The standard InChI is InChI=1S/C19H29ClN4O3/c1-12(2)9-16(18(25)14(4)22-27)19(26)24-8-7-23(11-13(24)3)17-6-5-15(20)10-21-17/h5-6,10,12-13,16,18,22,25,27H,4,7-9,11H2,1-3H3/t13?,16-,18-/m0/s1. The van der Waals surface area contributed by atoms with Gasteiger partial charge in [0.25, 0.3) is 0 Å². The summed E-state index contributed by atoms with van der Waals surface area (Å²) >= 11 is 5.90. The average Bonchev–Trinajstić information content (AvgIpc) is 2.64. The maximum absolute atomic E-state index is 13.2. The van der Waals surface area contributed by atoms with Gasteiger partial charge < -0.3 is 14.9 Å². The summed E-state index contributed by atoms with van der Waals surface area (Å²) in [6.45, 7) is 11.4. The van der Waals surface area contributed by atoms with Gasteiger partial charge in [-0.25, -0.2) is 4.98 Å². The fraction of sp³-hybridized carbons (Fsp3) is 0.579. The Morgan fingerprint density at radius 1 is 1.44 bits per heavy atom. The van der Waals surface area contributed by atoms with Crippen LogP contribution >= 0.6 is 11.6 Å². The second-order valence-corrected chi connectivity index (χ2v) is 7.92. The Bertz CT molecular complexity index is 653. The minimum absolute atomic E-state index is 0.0330. The van der Waals surface area contributed by atoms with Crippen molar-refractivity contribution < 1.29 is 15.1 Å². The molecule has 1 unspecified atom stereocenters. The van der Waals surface area contributed by atoms with Gasteiger partial charge in [0, 0.05) is 31.9 Å². The summed E-state index contributed by atoms with van der Waals surface area (Å²) in [7, 11) is 0. The monoisotopic (exact) mass is 396 g/mol. The minimum Gasteiger partial charge on any atom is -0.386 e. The number of anilines is 1. The van der Waals surface area contributed by atoms with E-state index < -0.39 is 12.0 Å². The summed E-state index contributed by atoms with van der Waals surface area (Å²) in [6, 6.07) is 3.63. The van der Waals surface area contributed by atoms with Crippen LogP contribution in [-0.4, -0.2) is 57.9 Å². The minimum atomic E-state index is -1.15. The van der Waals surface area contributed by atoms with E-state index in [9.17, 15) is 9.90 Å². The molecule has 1 aromatic rings. The molecule has 0 bridgehead atoms. The lowest BCUT2D eigenvalue weighted by Gasteiger charge is -2.42. The van der Waals surface area contributed by atoms with Crippen molar-refractivity contribution in [2.24, 2.45) is 11.8 Å². The first-order chi connectivity index (χ1) is 12.7. The predicted octanol–water partition coefficient (Wildman–Crippen LogP) is 2.29. The van der Waals surface area contributed by atoms with Crippen LogP contribution in [0.15, 0.2) is 30.6 Å². The smallest absolute Gasteiger partial charge is 0.229 e. The molecule has 2 heterocycles. The number of carbonyl (C=O) groups excluding carboxylic acids is 1. The summed E-state index contributed by atoms with van der Waals surface area (Å²) in [6.07, 6.45) is 0.974. The van der Waals surface area contributed by atoms with E-state index in [4.69, 9.17) is 16.8 Å². The molecule has 1 saturated heterocycles. The Labute approximate surface area is 165 Å². The lowest BCUT2D eigenvalue weighted by atomic mass is 9.89. The third kappa shape index (κ3) is 5.34. The molecule has 2 rings (SSSR count). The molecule has 27 heavy (non-hydrogen) atoms. The van der Waals surface area contributed by atoms with E-state index in [1.165, 1.54) is 0 Å². The Morgan fingerprint density at radius 3 is 2.67 bits per heavy atom. The molecule has 1 amide bonds. The van der Waals surface area contributed by atoms with E-state index in [1.54, 1.807) is 17.2 Å². The normalized spacial score (nSPS) is 19.7. The van der Waals surface area contributed by atoms with E-state index >= 15 is 0 Å². The van der Waals surface area contributed by atoms with Crippen molar-refractivity contribution in [3.63, 3.8) is 0 Å². The van der Waals surface area contributed by atoms with Crippen LogP contribution in [0.2, 0.25) is 5.02 Å². The molecule has 150 valence electrons. The Hall–Kier alpha value is -1.83. The Balaban J connectivity index is 2.10. The number of carbonyl (C=O) groups is 1. The summed E-state index contributed by atoms with van der Waals surface area (Å²) in [4.78, 5) is 21.4. The zero-order valence-corrected chi connectivity index (χ0v) is 16.9. The molecule has 0 spiro atoms. The van der Waals surface area contributed by atoms with Crippen LogP contribution in [0.5, 0.6) is 0 Å². The summed E-state index contributed by atoms with van der Waals surface area (Å²) in [5, 5.41) is 20.1. The fourth-order valence-corrected chi connectivity index (χ4v) is 3.55. The van der Waals surface area contributed by atoms with Crippen molar-refractivity contribution in [1.82, 2.24) is 15.4 Å². The van der Waals surface area contributed by atoms with Crippen LogP contribution in [0.25, 0.3) is 0 Å².